The number of carbonyl (C=O) groups is 3. The van der Waals surface area contributed by atoms with Crippen molar-refractivity contribution >= 4 is 17.8 Å². The minimum atomic E-state index is -0.740. The van der Waals surface area contributed by atoms with Crippen LogP contribution in [0.3, 0.4) is 0 Å². The monoisotopic (exact) mass is 235 g/mol. The Morgan fingerprint density at radius 2 is 1.47 bits per heavy atom. The second kappa shape index (κ2) is 5.25. The number of hydrogen-bond donors (Lipinski definition) is 0. The summed E-state index contributed by atoms with van der Waals surface area (Å²) < 4.78 is 0. The maximum atomic E-state index is 11.6. The summed E-state index contributed by atoms with van der Waals surface area (Å²) in [6.45, 7) is 4.17. The first-order valence-electron chi connectivity index (χ1n) is 5.02. The van der Waals surface area contributed by atoms with Crippen LogP contribution in [0.5, 0.6) is 0 Å². The Bertz CT molecular complexity index is 436. The molecule has 0 aliphatic heterocycles. The van der Waals surface area contributed by atoms with Gasteiger partial charge in [-0.25, -0.2) is 4.79 Å². The molecule has 0 radical (unpaired) electrons. The second-order valence-electron chi connectivity index (χ2n) is 3.58. The van der Waals surface area contributed by atoms with Crippen LogP contribution < -0.4 is 0 Å². The summed E-state index contributed by atoms with van der Waals surface area (Å²) in [6, 6.07) is 6.61. The summed E-state index contributed by atoms with van der Waals surface area (Å²) in [4.78, 5) is 38.4. The molecule has 0 aliphatic rings. The number of hydrogen-bond acceptors (Lipinski definition) is 4. The highest BCUT2D eigenvalue weighted by molar-refractivity contribution is 5.96. The van der Waals surface area contributed by atoms with Crippen molar-refractivity contribution in [1.82, 2.24) is 5.06 Å². The van der Waals surface area contributed by atoms with Gasteiger partial charge in [0, 0.05) is 13.8 Å². The largest absolute Gasteiger partial charge is 0.363 e. The molecule has 0 unspecified atom stereocenters. The Labute approximate surface area is 98.9 Å². The Morgan fingerprint density at radius 1 is 1.00 bits per heavy atom. The fourth-order valence-corrected chi connectivity index (χ4v) is 1.18. The SMILES string of the molecule is CC(=O)N(OC(=O)c1ccc(C)cc1)C(C)=O. The van der Waals surface area contributed by atoms with Crippen LogP contribution in [0.2, 0.25) is 0 Å². The lowest BCUT2D eigenvalue weighted by Crippen LogP contribution is -2.35. The third kappa shape index (κ3) is 3.41. The molecule has 17 heavy (non-hydrogen) atoms. The first kappa shape index (κ1) is 12.9. The predicted molar refractivity (Wildman–Crippen MR) is 59.8 cm³/mol. The second-order valence-corrected chi connectivity index (χ2v) is 3.58. The maximum absolute atomic E-state index is 11.6. The molecule has 0 atom stereocenters. The normalized spacial score (nSPS) is 9.59. The Hall–Kier alpha value is -2.17. The van der Waals surface area contributed by atoms with Crippen LogP contribution in [0.25, 0.3) is 0 Å². The minimum absolute atomic E-state index is 0.281. The van der Waals surface area contributed by atoms with Crippen molar-refractivity contribution in [2.75, 3.05) is 0 Å². The summed E-state index contributed by atoms with van der Waals surface area (Å²) in [5, 5.41) is 0.433. The molecule has 0 fully saturated rings. The molecule has 0 spiro atoms. The fourth-order valence-electron chi connectivity index (χ4n) is 1.18. The molecule has 0 aromatic heterocycles. The third-order valence-corrected chi connectivity index (χ3v) is 2.03. The minimum Gasteiger partial charge on any atom is -0.325 e. The van der Waals surface area contributed by atoms with Crippen molar-refractivity contribution in [1.29, 1.82) is 0 Å². The Balaban J connectivity index is 2.81. The molecular weight excluding hydrogens is 222 g/mol. The van der Waals surface area contributed by atoms with Gasteiger partial charge in [-0.2, -0.15) is 0 Å². The molecule has 0 bridgehead atoms. The first-order chi connectivity index (χ1) is 7.91. The zero-order chi connectivity index (χ0) is 13.0. The molecule has 0 saturated carbocycles. The van der Waals surface area contributed by atoms with Gasteiger partial charge in [0.1, 0.15) is 0 Å². The number of carbonyl (C=O) groups excluding carboxylic acids is 3. The van der Waals surface area contributed by atoms with Crippen LogP contribution in [0, 0.1) is 6.92 Å². The lowest BCUT2D eigenvalue weighted by molar-refractivity contribution is -0.177. The van der Waals surface area contributed by atoms with Crippen LogP contribution in [0.15, 0.2) is 24.3 Å². The maximum Gasteiger partial charge on any atom is 0.363 e. The topological polar surface area (TPSA) is 63.7 Å². The molecule has 0 saturated heterocycles. The smallest absolute Gasteiger partial charge is 0.325 e. The van der Waals surface area contributed by atoms with Crippen molar-refractivity contribution in [2.45, 2.75) is 20.8 Å². The lowest BCUT2D eigenvalue weighted by Gasteiger charge is -2.15. The zero-order valence-corrected chi connectivity index (χ0v) is 9.89. The van der Waals surface area contributed by atoms with Gasteiger partial charge in [0.25, 0.3) is 11.8 Å². The zero-order valence-electron chi connectivity index (χ0n) is 9.89. The van der Waals surface area contributed by atoms with Gasteiger partial charge >= 0.3 is 5.97 Å². The van der Waals surface area contributed by atoms with Gasteiger partial charge in [0.05, 0.1) is 5.56 Å². The Morgan fingerprint density at radius 3 is 1.88 bits per heavy atom. The van der Waals surface area contributed by atoms with Crippen molar-refractivity contribution in [2.24, 2.45) is 0 Å². The van der Waals surface area contributed by atoms with E-state index in [0.717, 1.165) is 19.4 Å². The molecule has 90 valence electrons. The van der Waals surface area contributed by atoms with Gasteiger partial charge < -0.3 is 4.84 Å². The molecule has 1 aromatic carbocycles. The van der Waals surface area contributed by atoms with E-state index in [1.807, 2.05) is 6.92 Å². The number of rotatable bonds is 1. The van der Waals surface area contributed by atoms with Gasteiger partial charge in [0.2, 0.25) is 0 Å². The van der Waals surface area contributed by atoms with E-state index in [-0.39, 0.29) is 5.56 Å². The van der Waals surface area contributed by atoms with Crippen molar-refractivity contribution in [3.05, 3.63) is 35.4 Å². The predicted octanol–water partition coefficient (Wildman–Crippen LogP) is 1.46. The molecule has 5 heteroatoms. The number of benzene rings is 1. The average molecular weight is 235 g/mol. The highest BCUT2D eigenvalue weighted by atomic mass is 16.7. The molecule has 0 N–H and O–H groups in total. The number of imide groups is 1. The molecule has 0 aliphatic carbocycles. The van der Waals surface area contributed by atoms with Gasteiger partial charge in [0.15, 0.2) is 0 Å². The first-order valence-corrected chi connectivity index (χ1v) is 5.02. The van der Waals surface area contributed by atoms with Crippen LogP contribution >= 0.6 is 0 Å². The van der Waals surface area contributed by atoms with Crippen LogP contribution in [-0.2, 0) is 14.4 Å². The lowest BCUT2D eigenvalue weighted by atomic mass is 10.2. The van der Waals surface area contributed by atoms with E-state index in [2.05, 4.69) is 0 Å². The van der Waals surface area contributed by atoms with Crippen LogP contribution in [0.4, 0.5) is 0 Å². The van der Waals surface area contributed by atoms with E-state index in [4.69, 9.17) is 4.84 Å². The quantitative estimate of drug-likeness (QED) is 0.691. The molecule has 5 nitrogen and oxygen atoms in total. The summed E-state index contributed by atoms with van der Waals surface area (Å²) in [6.07, 6.45) is 0. The van der Waals surface area contributed by atoms with Crippen molar-refractivity contribution in [3.8, 4) is 0 Å². The van der Waals surface area contributed by atoms with E-state index in [9.17, 15) is 14.4 Å². The van der Waals surface area contributed by atoms with Crippen LogP contribution in [-0.4, -0.2) is 22.8 Å². The van der Waals surface area contributed by atoms with Gasteiger partial charge in [-0.1, -0.05) is 17.7 Å². The summed E-state index contributed by atoms with van der Waals surface area (Å²) >= 11 is 0. The summed E-state index contributed by atoms with van der Waals surface area (Å²) in [5.74, 6) is -2.02. The Kier molecular flexibility index (Phi) is 3.98. The molecule has 0 heterocycles. The van der Waals surface area contributed by atoms with Gasteiger partial charge in [-0.3, -0.25) is 9.59 Å². The fraction of sp³-hybridized carbons (Fsp3) is 0.250. The van der Waals surface area contributed by atoms with Crippen molar-refractivity contribution < 1.29 is 19.2 Å². The van der Waals surface area contributed by atoms with Gasteiger partial charge in [-0.05, 0) is 19.1 Å². The molecule has 1 aromatic rings. The summed E-state index contributed by atoms with van der Waals surface area (Å²) in [7, 11) is 0. The van der Waals surface area contributed by atoms with E-state index < -0.39 is 17.8 Å². The number of aryl methyl sites for hydroxylation is 1. The molecule has 1 rings (SSSR count). The highest BCUT2D eigenvalue weighted by Crippen LogP contribution is 2.06. The number of hydroxylamine groups is 2. The van der Waals surface area contributed by atoms with Crippen LogP contribution in [0.1, 0.15) is 29.8 Å². The standard InChI is InChI=1S/C12H13NO4/c1-8-4-6-11(7-5-8)12(16)17-13(9(2)14)10(3)15/h4-7H,1-3H3. The van der Waals surface area contributed by atoms with E-state index in [0.29, 0.717) is 5.06 Å². The number of amides is 2. The highest BCUT2D eigenvalue weighted by Gasteiger charge is 2.20. The molecular formula is C12H13NO4. The van der Waals surface area contributed by atoms with Crippen molar-refractivity contribution in [3.63, 3.8) is 0 Å². The molecule has 2 amide bonds. The third-order valence-electron chi connectivity index (χ3n) is 2.03. The summed E-state index contributed by atoms with van der Waals surface area (Å²) in [5.41, 5.74) is 1.28. The number of nitrogens with zero attached hydrogens (tertiary/aromatic N) is 1. The average Bonchev–Trinajstić information content (AvgIpc) is 2.25. The van der Waals surface area contributed by atoms with E-state index in [1.54, 1.807) is 24.3 Å². The van der Waals surface area contributed by atoms with Gasteiger partial charge in [-0.15, -0.1) is 5.06 Å². The van der Waals surface area contributed by atoms with E-state index >= 15 is 0 Å². The van der Waals surface area contributed by atoms with E-state index in [1.165, 1.54) is 0 Å².